The van der Waals surface area contributed by atoms with Gasteiger partial charge in [-0.05, 0) is 18.6 Å². The van der Waals surface area contributed by atoms with E-state index in [1.165, 1.54) is 10.6 Å². The van der Waals surface area contributed by atoms with Crippen molar-refractivity contribution in [2.75, 3.05) is 6.54 Å². The zero-order valence-electron chi connectivity index (χ0n) is 7.73. The van der Waals surface area contributed by atoms with Crippen LogP contribution in [0, 0.1) is 0 Å². The minimum Gasteiger partial charge on any atom is -0.330 e. The topological polar surface area (TPSA) is 38.9 Å². The van der Waals surface area contributed by atoms with Crippen molar-refractivity contribution in [3.63, 3.8) is 0 Å². The summed E-state index contributed by atoms with van der Waals surface area (Å²) in [6, 6.07) is 4.14. The molecule has 2 atom stereocenters. The van der Waals surface area contributed by atoms with Crippen LogP contribution in [0.3, 0.4) is 0 Å². The van der Waals surface area contributed by atoms with Gasteiger partial charge in [-0.25, -0.2) is 0 Å². The summed E-state index contributed by atoms with van der Waals surface area (Å²) in [6.45, 7) is 2.97. The lowest BCUT2D eigenvalue weighted by molar-refractivity contribution is 0.591. The van der Waals surface area contributed by atoms with Gasteiger partial charge in [-0.1, -0.05) is 6.92 Å². The molecule has 0 amide bonds. The van der Waals surface area contributed by atoms with E-state index in [1.54, 1.807) is 0 Å². The molecule has 1 aliphatic rings. The van der Waals surface area contributed by atoms with E-state index in [9.17, 15) is 0 Å². The van der Waals surface area contributed by atoms with E-state index < -0.39 is 0 Å². The average Bonchev–Trinajstić information content (AvgIpc) is 2.16. The fourth-order valence-electron chi connectivity index (χ4n) is 1.79. The molecule has 1 aromatic heterocycles. The van der Waals surface area contributed by atoms with Crippen molar-refractivity contribution >= 4 is 11.8 Å². The molecular formula is C10H14N2S. The first kappa shape index (κ1) is 9.03. The van der Waals surface area contributed by atoms with Gasteiger partial charge in [-0.2, -0.15) is 0 Å². The van der Waals surface area contributed by atoms with E-state index in [2.05, 4.69) is 18.0 Å². The molecule has 70 valence electrons. The second kappa shape index (κ2) is 3.68. The number of aromatic nitrogens is 1. The molecule has 2 heterocycles. The van der Waals surface area contributed by atoms with Gasteiger partial charge < -0.3 is 5.73 Å². The highest BCUT2D eigenvalue weighted by atomic mass is 32.2. The number of hydrogen-bond donors (Lipinski definition) is 1. The Morgan fingerprint density at radius 2 is 2.54 bits per heavy atom. The van der Waals surface area contributed by atoms with Crippen LogP contribution < -0.4 is 5.73 Å². The number of nitrogens with zero attached hydrogens (tertiary/aromatic N) is 1. The van der Waals surface area contributed by atoms with Gasteiger partial charge in [0, 0.05) is 28.8 Å². The summed E-state index contributed by atoms with van der Waals surface area (Å²) >= 11 is 1.91. The van der Waals surface area contributed by atoms with Crippen LogP contribution in [0.1, 0.15) is 25.0 Å². The Bertz CT molecular complexity index is 301. The highest BCUT2D eigenvalue weighted by Crippen LogP contribution is 2.39. The van der Waals surface area contributed by atoms with Gasteiger partial charge in [-0.15, -0.1) is 11.8 Å². The fourth-order valence-corrected chi connectivity index (χ4v) is 3.05. The zero-order valence-corrected chi connectivity index (χ0v) is 8.55. The van der Waals surface area contributed by atoms with E-state index in [-0.39, 0.29) is 0 Å². The molecule has 0 saturated carbocycles. The number of rotatable bonds is 1. The quantitative estimate of drug-likeness (QED) is 0.743. The van der Waals surface area contributed by atoms with E-state index in [4.69, 9.17) is 5.73 Å². The molecule has 0 saturated heterocycles. The maximum Gasteiger partial charge on any atom is 0.0583 e. The van der Waals surface area contributed by atoms with Crippen molar-refractivity contribution in [1.29, 1.82) is 0 Å². The lowest BCUT2D eigenvalue weighted by Crippen LogP contribution is -2.21. The van der Waals surface area contributed by atoms with Gasteiger partial charge in [0.25, 0.3) is 0 Å². The van der Waals surface area contributed by atoms with Crippen LogP contribution in [-0.2, 0) is 0 Å². The third kappa shape index (κ3) is 1.71. The third-order valence-electron chi connectivity index (χ3n) is 2.42. The molecular weight excluding hydrogens is 180 g/mol. The molecule has 2 nitrogen and oxygen atoms in total. The van der Waals surface area contributed by atoms with Crippen molar-refractivity contribution in [1.82, 2.24) is 4.98 Å². The summed E-state index contributed by atoms with van der Waals surface area (Å²) in [5.41, 5.74) is 6.93. The lowest BCUT2D eigenvalue weighted by atomic mass is 9.98. The van der Waals surface area contributed by atoms with Gasteiger partial charge >= 0.3 is 0 Å². The van der Waals surface area contributed by atoms with Crippen LogP contribution in [0.5, 0.6) is 0 Å². The van der Waals surface area contributed by atoms with Crippen molar-refractivity contribution in [2.45, 2.75) is 29.4 Å². The van der Waals surface area contributed by atoms with Crippen molar-refractivity contribution in [2.24, 2.45) is 5.73 Å². The average molecular weight is 194 g/mol. The molecule has 0 aromatic carbocycles. The van der Waals surface area contributed by atoms with Gasteiger partial charge in [0.15, 0.2) is 0 Å². The Balaban J connectivity index is 2.37. The molecule has 3 heteroatoms. The van der Waals surface area contributed by atoms with E-state index >= 15 is 0 Å². The second-order valence-electron chi connectivity index (χ2n) is 3.48. The monoisotopic (exact) mass is 194 g/mol. The molecule has 0 fully saturated rings. The molecule has 0 bridgehead atoms. The van der Waals surface area contributed by atoms with Gasteiger partial charge in [0.2, 0.25) is 0 Å². The Hall–Kier alpha value is -0.540. The zero-order chi connectivity index (χ0) is 9.26. The van der Waals surface area contributed by atoms with Crippen LogP contribution in [0.25, 0.3) is 0 Å². The van der Waals surface area contributed by atoms with Gasteiger partial charge in [0.1, 0.15) is 0 Å². The Kier molecular flexibility index (Phi) is 2.56. The number of pyridine rings is 1. The molecule has 13 heavy (non-hydrogen) atoms. The van der Waals surface area contributed by atoms with Crippen LogP contribution in [-0.4, -0.2) is 16.8 Å². The number of thioether (sulfide) groups is 1. The van der Waals surface area contributed by atoms with Gasteiger partial charge in [0.05, 0.1) is 5.69 Å². The highest BCUT2D eigenvalue weighted by Gasteiger charge is 2.24. The first-order chi connectivity index (χ1) is 6.31. The maximum absolute atomic E-state index is 5.73. The summed E-state index contributed by atoms with van der Waals surface area (Å²) in [7, 11) is 0. The number of hydrogen-bond acceptors (Lipinski definition) is 3. The van der Waals surface area contributed by atoms with E-state index in [1.807, 2.05) is 24.0 Å². The minimum absolute atomic E-state index is 0.465. The summed E-state index contributed by atoms with van der Waals surface area (Å²) in [5, 5.41) is 0.672. The van der Waals surface area contributed by atoms with Crippen LogP contribution in [0.15, 0.2) is 23.2 Å². The first-order valence-corrected chi connectivity index (χ1v) is 5.51. The lowest BCUT2D eigenvalue weighted by Gasteiger charge is -2.26. The largest absolute Gasteiger partial charge is 0.330 e. The number of fused-ring (bicyclic) bond motifs is 1. The first-order valence-electron chi connectivity index (χ1n) is 4.63. The van der Waals surface area contributed by atoms with E-state index in [0.29, 0.717) is 11.2 Å². The standard InChI is InChI=1S/C10H14N2S/c1-7-5-8(6-11)10-9(13-7)3-2-4-12-10/h2-4,7-8H,5-6,11H2,1H3/t7-,8-/m0/s1. The maximum atomic E-state index is 5.73. The molecule has 0 unspecified atom stereocenters. The van der Waals surface area contributed by atoms with Gasteiger partial charge in [-0.3, -0.25) is 4.98 Å². The molecule has 0 spiro atoms. The summed E-state index contributed by atoms with van der Waals surface area (Å²) in [4.78, 5) is 5.72. The predicted octanol–water partition coefficient (Wildman–Crippen LogP) is 2.01. The Morgan fingerprint density at radius 3 is 3.31 bits per heavy atom. The molecule has 0 radical (unpaired) electrons. The van der Waals surface area contributed by atoms with Crippen molar-refractivity contribution < 1.29 is 0 Å². The fraction of sp³-hybridized carbons (Fsp3) is 0.500. The molecule has 2 rings (SSSR count). The summed E-state index contributed by atoms with van der Waals surface area (Å²) in [6.07, 6.45) is 3.02. The molecule has 1 aromatic rings. The smallest absolute Gasteiger partial charge is 0.0583 e. The molecule has 1 aliphatic heterocycles. The molecule has 2 N–H and O–H groups in total. The number of nitrogens with two attached hydrogens (primary N) is 1. The van der Waals surface area contributed by atoms with Crippen molar-refractivity contribution in [3.05, 3.63) is 24.0 Å². The minimum atomic E-state index is 0.465. The molecule has 0 aliphatic carbocycles. The predicted molar refractivity (Wildman–Crippen MR) is 56.0 cm³/mol. The SMILES string of the molecule is C[C@H]1C[C@@H](CN)c2ncccc2S1. The van der Waals surface area contributed by atoms with Crippen LogP contribution in [0.4, 0.5) is 0 Å². The normalized spacial score (nSPS) is 26.9. The summed E-state index contributed by atoms with van der Waals surface area (Å²) in [5.74, 6) is 0.465. The van der Waals surface area contributed by atoms with Crippen LogP contribution in [0.2, 0.25) is 0 Å². The Labute approximate surface area is 82.9 Å². The third-order valence-corrected chi connectivity index (χ3v) is 3.61. The summed E-state index contributed by atoms with van der Waals surface area (Å²) < 4.78 is 0. The van der Waals surface area contributed by atoms with Crippen molar-refractivity contribution in [3.8, 4) is 0 Å². The second-order valence-corrected chi connectivity index (χ2v) is 4.96. The van der Waals surface area contributed by atoms with Crippen LogP contribution >= 0.6 is 11.8 Å². The highest BCUT2D eigenvalue weighted by molar-refractivity contribution is 8.00. The Morgan fingerprint density at radius 1 is 1.69 bits per heavy atom. The van der Waals surface area contributed by atoms with E-state index in [0.717, 1.165) is 13.0 Å².